The Kier molecular flexibility index (Phi) is 8.84. The lowest BCUT2D eigenvalue weighted by molar-refractivity contribution is -0.116. The normalized spacial score (nSPS) is 17.5. The van der Waals surface area contributed by atoms with Crippen LogP contribution in [0.1, 0.15) is 77.6 Å². The maximum absolute atomic E-state index is 12.7. The van der Waals surface area contributed by atoms with Gasteiger partial charge in [0.1, 0.15) is 11.8 Å². The molecule has 3 aromatic carbocycles. The van der Waals surface area contributed by atoms with Gasteiger partial charge in [0.15, 0.2) is 0 Å². The van der Waals surface area contributed by atoms with Gasteiger partial charge in [0.2, 0.25) is 5.91 Å². The lowest BCUT2D eigenvalue weighted by Crippen LogP contribution is -2.36. The number of nitrogens with one attached hydrogen (secondary N) is 1. The Labute approximate surface area is 236 Å². The molecule has 1 saturated carbocycles. The highest BCUT2D eigenvalue weighted by molar-refractivity contribution is 8.03. The van der Waals surface area contributed by atoms with Crippen LogP contribution in [0.2, 0.25) is 0 Å². The SMILES string of the molecule is CC(=O)N(Cc1ccc(C2CCCCC2)cc1)c1cccc(C2=CSC(N(C)Cc3ccc(C=O)cc3)N2)c1. The topological polar surface area (TPSA) is 52.7 Å². The second kappa shape index (κ2) is 12.7. The van der Waals surface area contributed by atoms with E-state index in [1.807, 2.05) is 41.3 Å². The van der Waals surface area contributed by atoms with Crippen molar-refractivity contribution in [3.05, 3.63) is 106 Å². The monoisotopic (exact) mass is 539 g/mol. The number of nitrogens with zero attached hydrogens (tertiary/aromatic N) is 2. The minimum absolute atomic E-state index is 0.0319. The molecule has 1 amide bonds. The Balaban J connectivity index is 1.23. The lowest BCUT2D eigenvalue weighted by Gasteiger charge is -2.26. The van der Waals surface area contributed by atoms with E-state index in [4.69, 9.17) is 0 Å². The number of benzene rings is 3. The molecular formula is C33H37N3O2S. The molecule has 5 nitrogen and oxygen atoms in total. The predicted molar refractivity (Wildman–Crippen MR) is 161 cm³/mol. The average Bonchev–Trinajstić information content (AvgIpc) is 3.48. The average molecular weight is 540 g/mol. The van der Waals surface area contributed by atoms with Crippen molar-refractivity contribution in [1.82, 2.24) is 10.2 Å². The maximum atomic E-state index is 12.7. The standard InChI is InChI=1S/C33H37N3O2S/c1-24(38)36(21-26-15-17-29(18-16-26)28-7-4-3-5-8-28)31-10-6-9-30(19-31)32-23-39-33(34-32)35(2)20-25-11-13-27(22-37)14-12-25/h6,9-19,22-23,28,33-34H,3-5,7-8,20-21H2,1-2H3. The van der Waals surface area contributed by atoms with Crippen molar-refractivity contribution in [2.45, 2.75) is 63.5 Å². The van der Waals surface area contributed by atoms with E-state index in [0.29, 0.717) is 18.0 Å². The number of aldehydes is 1. The first-order valence-electron chi connectivity index (χ1n) is 13.8. The van der Waals surface area contributed by atoms with Gasteiger partial charge in [-0.25, -0.2) is 0 Å². The van der Waals surface area contributed by atoms with Crippen molar-refractivity contribution in [2.24, 2.45) is 0 Å². The predicted octanol–water partition coefficient (Wildman–Crippen LogP) is 7.15. The fourth-order valence-electron chi connectivity index (χ4n) is 5.51. The molecule has 1 unspecified atom stereocenters. The smallest absolute Gasteiger partial charge is 0.224 e. The summed E-state index contributed by atoms with van der Waals surface area (Å²) in [5.41, 5.74) is 7.54. The summed E-state index contributed by atoms with van der Waals surface area (Å²) in [6, 6.07) is 24.8. The minimum atomic E-state index is 0.0319. The van der Waals surface area contributed by atoms with Gasteiger partial charge in [-0.3, -0.25) is 14.5 Å². The van der Waals surface area contributed by atoms with E-state index in [9.17, 15) is 9.59 Å². The van der Waals surface area contributed by atoms with Gasteiger partial charge in [-0.15, -0.1) is 0 Å². The molecule has 0 saturated heterocycles. The van der Waals surface area contributed by atoms with Crippen LogP contribution in [0.25, 0.3) is 5.70 Å². The van der Waals surface area contributed by atoms with E-state index in [1.54, 1.807) is 18.7 Å². The summed E-state index contributed by atoms with van der Waals surface area (Å²) >= 11 is 1.73. The van der Waals surface area contributed by atoms with Crippen LogP contribution >= 0.6 is 11.8 Å². The van der Waals surface area contributed by atoms with Crippen LogP contribution in [0.15, 0.2) is 78.2 Å². The van der Waals surface area contributed by atoms with Crippen LogP contribution in [0.3, 0.4) is 0 Å². The fourth-order valence-corrected chi connectivity index (χ4v) is 6.46. The number of hydrogen-bond acceptors (Lipinski definition) is 5. The van der Waals surface area contributed by atoms with E-state index in [-0.39, 0.29) is 11.4 Å². The summed E-state index contributed by atoms with van der Waals surface area (Å²) in [6.07, 6.45) is 7.47. The zero-order chi connectivity index (χ0) is 27.2. The number of anilines is 1. The van der Waals surface area contributed by atoms with Gasteiger partial charge in [-0.05, 0) is 60.0 Å². The number of carbonyl (C=O) groups is 2. The largest absolute Gasteiger partial charge is 0.360 e. The van der Waals surface area contributed by atoms with Crippen molar-refractivity contribution < 1.29 is 9.59 Å². The summed E-state index contributed by atoms with van der Waals surface area (Å²) in [4.78, 5) is 27.7. The lowest BCUT2D eigenvalue weighted by atomic mass is 9.84. The number of rotatable bonds is 9. The third kappa shape index (κ3) is 6.81. The molecule has 1 atom stereocenters. The van der Waals surface area contributed by atoms with Crippen LogP contribution in [0.5, 0.6) is 0 Å². The summed E-state index contributed by atoms with van der Waals surface area (Å²) in [7, 11) is 2.09. The molecule has 0 aromatic heterocycles. The van der Waals surface area contributed by atoms with E-state index in [1.165, 1.54) is 37.7 Å². The van der Waals surface area contributed by atoms with Crippen LogP contribution in [0, 0.1) is 0 Å². The quantitative estimate of drug-likeness (QED) is 0.293. The van der Waals surface area contributed by atoms with Crippen LogP contribution in [0.4, 0.5) is 5.69 Å². The first-order chi connectivity index (χ1) is 19.0. The summed E-state index contributed by atoms with van der Waals surface area (Å²) in [5, 5.41) is 5.77. The number of hydrogen-bond donors (Lipinski definition) is 1. The number of carbonyl (C=O) groups excluding carboxylic acids is 2. The number of amides is 1. The van der Waals surface area contributed by atoms with Crippen molar-refractivity contribution in [3.8, 4) is 0 Å². The van der Waals surface area contributed by atoms with Gasteiger partial charge < -0.3 is 10.2 Å². The van der Waals surface area contributed by atoms with Crippen LogP contribution in [-0.4, -0.2) is 29.6 Å². The van der Waals surface area contributed by atoms with Gasteiger partial charge >= 0.3 is 0 Å². The second-order valence-corrected chi connectivity index (χ2v) is 11.6. The molecule has 1 heterocycles. The van der Waals surface area contributed by atoms with Crippen molar-refractivity contribution in [3.63, 3.8) is 0 Å². The zero-order valence-electron chi connectivity index (χ0n) is 22.8. The maximum Gasteiger partial charge on any atom is 0.224 e. The van der Waals surface area contributed by atoms with Crippen molar-refractivity contribution in [1.29, 1.82) is 0 Å². The van der Waals surface area contributed by atoms with Crippen molar-refractivity contribution in [2.75, 3.05) is 11.9 Å². The molecule has 0 spiro atoms. The van der Waals surface area contributed by atoms with E-state index < -0.39 is 0 Å². The Bertz CT molecular complexity index is 1310. The second-order valence-electron chi connectivity index (χ2n) is 10.7. The molecule has 2 aliphatic rings. The molecule has 6 heteroatoms. The molecular weight excluding hydrogens is 502 g/mol. The highest BCUT2D eigenvalue weighted by Crippen LogP contribution is 2.34. The Morgan fingerprint density at radius 1 is 0.949 bits per heavy atom. The molecule has 1 aliphatic carbocycles. The number of thioether (sulfide) groups is 1. The highest BCUT2D eigenvalue weighted by Gasteiger charge is 2.23. The first kappa shape index (κ1) is 27.2. The third-order valence-corrected chi connectivity index (χ3v) is 8.90. The molecule has 39 heavy (non-hydrogen) atoms. The van der Waals surface area contributed by atoms with Crippen LogP contribution in [-0.2, 0) is 17.9 Å². The Morgan fingerprint density at radius 2 is 1.64 bits per heavy atom. The van der Waals surface area contributed by atoms with E-state index in [2.05, 4.69) is 59.1 Å². The fraction of sp³-hybridized carbons (Fsp3) is 0.333. The summed E-state index contributed by atoms with van der Waals surface area (Å²) < 4.78 is 0. The highest BCUT2D eigenvalue weighted by atomic mass is 32.2. The molecule has 0 radical (unpaired) electrons. The molecule has 202 valence electrons. The molecule has 1 N–H and O–H groups in total. The van der Waals surface area contributed by atoms with E-state index in [0.717, 1.165) is 40.9 Å². The van der Waals surface area contributed by atoms with Gasteiger partial charge in [0, 0.05) is 36.0 Å². The Hall–Kier alpha value is -3.35. The van der Waals surface area contributed by atoms with Crippen LogP contribution < -0.4 is 10.2 Å². The summed E-state index contributed by atoms with van der Waals surface area (Å²) in [5.74, 6) is 0.716. The van der Waals surface area contributed by atoms with Gasteiger partial charge in [0.05, 0.1) is 6.54 Å². The minimum Gasteiger partial charge on any atom is -0.360 e. The molecule has 5 rings (SSSR count). The first-order valence-corrected chi connectivity index (χ1v) is 14.8. The van der Waals surface area contributed by atoms with Gasteiger partial charge in [-0.2, -0.15) is 0 Å². The molecule has 1 fully saturated rings. The van der Waals surface area contributed by atoms with E-state index >= 15 is 0 Å². The summed E-state index contributed by atoms with van der Waals surface area (Å²) in [6.45, 7) is 2.96. The van der Waals surface area contributed by atoms with Gasteiger partial charge in [0.25, 0.3) is 0 Å². The molecule has 3 aromatic rings. The molecule has 0 bridgehead atoms. The third-order valence-electron chi connectivity index (χ3n) is 7.79. The van der Waals surface area contributed by atoms with Gasteiger partial charge in [-0.1, -0.05) is 91.7 Å². The zero-order valence-corrected chi connectivity index (χ0v) is 23.6. The molecule has 1 aliphatic heterocycles. The Morgan fingerprint density at radius 3 is 2.33 bits per heavy atom. The van der Waals surface area contributed by atoms with Crippen molar-refractivity contribution >= 4 is 35.3 Å².